The van der Waals surface area contributed by atoms with Gasteiger partial charge in [0.25, 0.3) is 0 Å². The number of ether oxygens (including phenoxy) is 1. The minimum Gasteiger partial charge on any atom is -0.375 e. The third kappa shape index (κ3) is 2.82. The van der Waals surface area contributed by atoms with Gasteiger partial charge in [0.05, 0.1) is 22.5 Å². The summed E-state index contributed by atoms with van der Waals surface area (Å²) < 4.78 is 7.53. The number of methoxy groups -OCH3 is 1. The van der Waals surface area contributed by atoms with Crippen LogP contribution in [0.5, 0.6) is 0 Å². The van der Waals surface area contributed by atoms with E-state index in [1.54, 1.807) is 25.4 Å². The maximum absolute atomic E-state index is 6.35. The molecule has 0 fully saturated rings. The fraction of sp³-hybridized carbons (Fsp3) is 0.294. The van der Waals surface area contributed by atoms with Crippen LogP contribution in [0.2, 0.25) is 10.0 Å². The standard InChI is InChI=1S/C17H17Cl2N3O/c1-4-14-16(10(2)23-3)22-8-7-20-15(17(22)21-14)12-6-5-11(18)9-13(12)19/h5-10H,4H2,1-3H3. The molecule has 0 aliphatic rings. The first-order chi connectivity index (χ1) is 11.1. The Bertz CT molecular complexity index is 860. The van der Waals surface area contributed by atoms with Gasteiger partial charge >= 0.3 is 0 Å². The molecule has 2 aromatic heterocycles. The van der Waals surface area contributed by atoms with E-state index < -0.39 is 0 Å². The monoisotopic (exact) mass is 349 g/mol. The SMILES string of the molecule is CCc1nc2c(-c3ccc(Cl)cc3Cl)nccn2c1C(C)OC. The van der Waals surface area contributed by atoms with Crippen LogP contribution in [0.15, 0.2) is 30.6 Å². The van der Waals surface area contributed by atoms with E-state index in [1.165, 1.54) is 0 Å². The second-order valence-corrected chi connectivity index (χ2v) is 6.11. The predicted molar refractivity (Wildman–Crippen MR) is 93.2 cm³/mol. The van der Waals surface area contributed by atoms with Crippen molar-refractivity contribution in [3.05, 3.63) is 52.0 Å². The Morgan fingerprint density at radius 2 is 2.09 bits per heavy atom. The van der Waals surface area contributed by atoms with Gasteiger partial charge in [-0.1, -0.05) is 30.1 Å². The highest BCUT2D eigenvalue weighted by molar-refractivity contribution is 6.36. The lowest BCUT2D eigenvalue weighted by atomic mass is 10.1. The number of aryl methyl sites for hydroxylation is 1. The summed E-state index contributed by atoms with van der Waals surface area (Å²) in [5.74, 6) is 0. The van der Waals surface area contributed by atoms with Crippen LogP contribution >= 0.6 is 23.2 Å². The second-order valence-electron chi connectivity index (χ2n) is 5.27. The van der Waals surface area contributed by atoms with Crippen molar-refractivity contribution in [1.82, 2.24) is 14.4 Å². The van der Waals surface area contributed by atoms with Gasteiger partial charge in [-0.3, -0.25) is 9.38 Å². The van der Waals surface area contributed by atoms with Gasteiger partial charge in [-0.25, -0.2) is 4.98 Å². The summed E-state index contributed by atoms with van der Waals surface area (Å²) in [6.07, 6.45) is 4.41. The molecular formula is C17H17Cl2N3O. The summed E-state index contributed by atoms with van der Waals surface area (Å²) in [6, 6.07) is 5.38. The first kappa shape index (κ1) is 16.2. The molecule has 0 saturated heterocycles. The van der Waals surface area contributed by atoms with Crippen LogP contribution in [0, 0.1) is 0 Å². The van der Waals surface area contributed by atoms with Crippen molar-refractivity contribution in [3.8, 4) is 11.3 Å². The topological polar surface area (TPSA) is 39.4 Å². The fourth-order valence-electron chi connectivity index (χ4n) is 2.72. The highest BCUT2D eigenvalue weighted by Gasteiger charge is 2.20. The molecule has 0 bridgehead atoms. The van der Waals surface area contributed by atoms with Crippen LogP contribution in [-0.4, -0.2) is 21.5 Å². The van der Waals surface area contributed by atoms with E-state index in [4.69, 9.17) is 32.9 Å². The molecule has 3 rings (SSSR count). The van der Waals surface area contributed by atoms with Crippen LogP contribution in [-0.2, 0) is 11.2 Å². The highest BCUT2D eigenvalue weighted by Crippen LogP contribution is 2.33. The smallest absolute Gasteiger partial charge is 0.164 e. The van der Waals surface area contributed by atoms with Gasteiger partial charge in [0, 0.05) is 30.1 Å². The molecule has 0 saturated carbocycles. The molecule has 4 nitrogen and oxygen atoms in total. The van der Waals surface area contributed by atoms with Gasteiger partial charge in [-0.2, -0.15) is 0 Å². The molecule has 0 radical (unpaired) electrons. The van der Waals surface area contributed by atoms with Crippen molar-refractivity contribution in [2.45, 2.75) is 26.4 Å². The first-order valence-electron chi connectivity index (χ1n) is 7.40. The molecule has 0 aliphatic heterocycles. The van der Waals surface area contributed by atoms with Gasteiger partial charge in [-0.15, -0.1) is 0 Å². The zero-order chi connectivity index (χ0) is 16.6. The van der Waals surface area contributed by atoms with Gasteiger partial charge in [0.15, 0.2) is 5.65 Å². The van der Waals surface area contributed by atoms with E-state index in [-0.39, 0.29) is 6.10 Å². The Morgan fingerprint density at radius 3 is 2.74 bits per heavy atom. The second kappa shape index (κ2) is 6.48. The lowest BCUT2D eigenvalue weighted by Crippen LogP contribution is -2.04. The zero-order valence-corrected chi connectivity index (χ0v) is 14.7. The fourth-order valence-corrected chi connectivity index (χ4v) is 3.21. The van der Waals surface area contributed by atoms with Gasteiger partial charge in [-0.05, 0) is 31.5 Å². The molecule has 23 heavy (non-hydrogen) atoms. The molecule has 1 atom stereocenters. The molecule has 0 N–H and O–H groups in total. The quantitative estimate of drug-likeness (QED) is 0.667. The zero-order valence-electron chi connectivity index (χ0n) is 13.2. The lowest BCUT2D eigenvalue weighted by molar-refractivity contribution is 0.114. The summed E-state index contributed by atoms with van der Waals surface area (Å²) in [7, 11) is 1.70. The molecule has 1 aromatic carbocycles. The number of rotatable bonds is 4. The Morgan fingerprint density at radius 1 is 1.30 bits per heavy atom. The average molecular weight is 350 g/mol. The average Bonchev–Trinajstić information content (AvgIpc) is 2.93. The van der Waals surface area contributed by atoms with Crippen LogP contribution in [0.1, 0.15) is 31.3 Å². The molecule has 0 aliphatic carbocycles. The molecule has 0 spiro atoms. The summed E-state index contributed by atoms with van der Waals surface area (Å²) >= 11 is 12.3. The maximum atomic E-state index is 6.35. The molecule has 6 heteroatoms. The van der Waals surface area contributed by atoms with Crippen molar-refractivity contribution < 1.29 is 4.74 Å². The van der Waals surface area contributed by atoms with Crippen molar-refractivity contribution in [3.63, 3.8) is 0 Å². The van der Waals surface area contributed by atoms with Crippen LogP contribution < -0.4 is 0 Å². The largest absolute Gasteiger partial charge is 0.375 e. The van der Waals surface area contributed by atoms with Crippen molar-refractivity contribution in [2.24, 2.45) is 0 Å². The first-order valence-corrected chi connectivity index (χ1v) is 8.16. The Kier molecular flexibility index (Phi) is 4.57. The minimum absolute atomic E-state index is 0.0594. The molecule has 0 amide bonds. The number of halogens is 2. The van der Waals surface area contributed by atoms with Gasteiger partial charge in [0.1, 0.15) is 5.69 Å². The third-order valence-electron chi connectivity index (χ3n) is 3.92. The van der Waals surface area contributed by atoms with Crippen molar-refractivity contribution in [2.75, 3.05) is 7.11 Å². The number of aromatic nitrogens is 3. The predicted octanol–water partition coefficient (Wildman–Crippen LogP) is 4.97. The van der Waals surface area contributed by atoms with E-state index in [0.717, 1.165) is 34.7 Å². The Labute approximate surface area is 145 Å². The van der Waals surface area contributed by atoms with E-state index in [2.05, 4.69) is 11.9 Å². The molecule has 120 valence electrons. The summed E-state index contributed by atoms with van der Waals surface area (Å²) in [6.45, 7) is 4.09. The van der Waals surface area contributed by atoms with Gasteiger partial charge in [0.2, 0.25) is 0 Å². The van der Waals surface area contributed by atoms with Gasteiger partial charge < -0.3 is 4.74 Å². The Hall–Kier alpha value is -1.62. The Balaban J connectivity index is 2.29. The highest BCUT2D eigenvalue weighted by atomic mass is 35.5. The maximum Gasteiger partial charge on any atom is 0.164 e. The number of nitrogens with zero attached hydrogens (tertiary/aromatic N) is 3. The molecule has 3 aromatic rings. The summed E-state index contributed by atoms with van der Waals surface area (Å²) in [4.78, 5) is 9.26. The number of imidazole rings is 1. The number of fused-ring (bicyclic) bond motifs is 1. The van der Waals surface area contributed by atoms with Crippen LogP contribution in [0.4, 0.5) is 0 Å². The van der Waals surface area contributed by atoms with Crippen LogP contribution in [0.25, 0.3) is 16.9 Å². The lowest BCUT2D eigenvalue weighted by Gasteiger charge is -2.12. The number of hydrogen-bond donors (Lipinski definition) is 0. The van der Waals surface area contributed by atoms with Crippen LogP contribution in [0.3, 0.4) is 0 Å². The van der Waals surface area contributed by atoms with E-state index in [0.29, 0.717) is 10.0 Å². The molecule has 2 heterocycles. The minimum atomic E-state index is -0.0594. The summed E-state index contributed by atoms with van der Waals surface area (Å²) in [5.41, 5.74) is 4.36. The van der Waals surface area contributed by atoms with Crippen molar-refractivity contribution >= 4 is 28.8 Å². The third-order valence-corrected chi connectivity index (χ3v) is 4.46. The number of benzene rings is 1. The summed E-state index contributed by atoms with van der Waals surface area (Å²) in [5, 5.41) is 1.15. The number of hydrogen-bond acceptors (Lipinski definition) is 3. The molecule has 1 unspecified atom stereocenters. The van der Waals surface area contributed by atoms with E-state index in [1.807, 2.05) is 23.6 Å². The van der Waals surface area contributed by atoms with E-state index in [9.17, 15) is 0 Å². The molecular weight excluding hydrogens is 333 g/mol. The van der Waals surface area contributed by atoms with Crippen molar-refractivity contribution in [1.29, 1.82) is 0 Å². The van der Waals surface area contributed by atoms with E-state index >= 15 is 0 Å². The normalized spacial score (nSPS) is 12.7.